The van der Waals surface area contributed by atoms with Crippen LogP contribution in [0, 0.1) is 0 Å². The Morgan fingerprint density at radius 3 is 2.81 bits per heavy atom. The maximum absolute atomic E-state index is 8.77. The topological polar surface area (TPSA) is 62.4 Å². The third-order valence-corrected chi connectivity index (χ3v) is 2.42. The van der Waals surface area contributed by atoms with Crippen molar-refractivity contribution in [1.82, 2.24) is 15.0 Å². The van der Waals surface area contributed by atoms with Crippen molar-refractivity contribution in [2.24, 2.45) is 0 Å². The second kappa shape index (κ2) is 7.35. The number of hydrogen-bond donors (Lipinski definition) is 1. The molecule has 0 amide bonds. The van der Waals surface area contributed by atoms with E-state index in [1.165, 1.54) is 0 Å². The van der Waals surface area contributed by atoms with Crippen molar-refractivity contribution < 1.29 is 9.63 Å². The molecule has 92 valence electrons. The molecule has 1 aromatic heterocycles. The van der Waals surface area contributed by atoms with Gasteiger partial charge in [0.05, 0.1) is 6.54 Å². The van der Waals surface area contributed by atoms with Gasteiger partial charge in [0.15, 0.2) is 5.82 Å². The fraction of sp³-hybridized carbons (Fsp3) is 0.818. The van der Waals surface area contributed by atoms with Gasteiger partial charge in [-0.05, 0) is 19.4 Å². The van der Waals surface area contributed by atoms with Crippen LogP contribution in [-0.2, 0) is 13.0 Å². The number of aryl methyl sites for hydroxylation is 1. The highest BCUT2D eigenvalue weighted by molar-refractivity contribution is 4.86. The second-order valence-electron chi connectivity index (χ2n) is 3.80. The lowest BCUT2D eigenvalue weighted by Crippen LogP contribution is -2.24. The smallest absolute Gasteiger partial charge is 0.240 e. The van der Waals surface area contributed by atoms with Crippen LogP contribution >= 0.6 is 0 Å². The van der Waals surface area contributed by atoms with Crippen LogP contribution in [0.25, 0.3) is 0 Å². The summed E-state index contributed by atoms with van der Waals surface area (Å²) < 4.78 is 5.16. The molecule has 0 unspecified atom stereocenters. The van der Waals surface area contributed by atoms with Crippen molar-refractivity contribution in [3.63, 3.8) is 0 Å². The highest BCUT2D eigenvalue weighted by atomic mass is 16.5. The molecule has 1 aromatic rings. The van der Waals surface area contributed by atoms with Gasteiger partial charge in [-0.2, -0.15) is 4.98 Å². The highest BCUT2D eigenvalue weighted by Crippen LogP contribution is 2.04. The summed E-state index contributed by atoms with van der Waals surface area (Å²) in [6.07, 6.45) is 2.68. The number of hydrogen-bond acceptors (Lipinski definition) is 5. The van der Waals surface area contributed by atoms with Crippen LogP contribution in [0.1, 0.15) is 38.4 Å². The summed E-state index contributed by atoms with van der Waals surface area (Å²) in [5.41, 5.74) is 0. The molecule has 0 atom stereocenters. The highest BCUT2D eigenvalue weighted by Gasteiger charge is 2.09. The van der Waals surface area contributed by atoms with Crippen LogP contribution in [0.4, 0.5) is 0 Å². The zero-order valence-electron chi connectivity index (χ0n) is 10.1. The predicted octanol–water partition coefficient (Wildman–Crippen LogP) is 1.23. The molecule has 16 heavy (non-hydrogen) atoms. The first-order chi connectivity index (χ1) is 7.80. The van der Waals surface area contributed by atoms with Crippen molar-refractivity contribution in [1.29, 1.82) is 0 Å². The first-order valence-electron chi connectivity index (χ1n) is 5.94. The van der Waals surface area contributed by atoms with Gasteiger partial charge in [0, 0.05) is 19.6 Å². The Balaban J connectivity index is 2.43. The molecule has 0 bridgehead atoms. The van der Waals surface area contributed by atoms with Crippen LogP contribution in [0.2, 0.25) is 0 Å². The molecule has 0 fully saturated rings. The molecule has 0 aliphatic carbocycles. The van der Waals surface area contributed by atoms with Crippen LogP contribution < -0.4 is 0 Å². The van der Waals surface area contributed by atoms with Gasteiger partial charge in [0.1, 0.15) is 0 Å². The summed E-state index contributed by atoms with van der Waals surface area (Å²) >= 11 is 0. The average molecular weight is 227 g/mol. The largest absolute Gasteiger partial charge is 0.396 e. The van der Waals surface area contributed by atoms with Crippen molar-refractivity contribution in [2.75, 3.05) is 19.7 Å². The molecule has 5 nitrogen and oxygen atoms in total. The number of rotatable bonds is 8. The fourth-order valence-corrected chi connectivity index (χ4v) is 1.51. The Labute approximate surface area is 96.5 Å². The number of aliphatic hydroxyl groups is 1. The van der Waals surface area contributed by atoms with Gasteiger partial charge in [-0.25, -0.2) is 0 Å². The molecular formula is C11H21N3O2. The summed E-state index contributed by atoms with van der Waals surface area (Å²) in [6.45, 7) is 6.86. The Bertz CT molecular complexity index is 289. The van der Waals surface area contributed by atoms with Crippen LogP contribution in [0.5, 0.6) is 0 Å². The molecule has 5 heteroatoms. The molecular weight excluding hydrogens is 206 g/mol. The quantitative estimate of drug-likeness (QED) is 0.723. The molecule has 0 radical (unpaired) electrons. The maximum Gasteiger partial charge on any atom is 0.240 e. The van der Waals surface area contributed by atoms with Gasteiger partial charge in [0.2, 0.25) is 5.89 Å². The molecule has 0 saturated carbocycles. The monoisotopic (exact) mass is 227 g/mol. The number of aliphatic hydroxyl groups excluding tert-OH is 1. The Kier molecular flexibility index (Phi) is 6.03. The SMILES string of the molecule is CCCc1noc(CN(CC)CCCO)n1. The van der Waals surface area contributed by atoms with Crippen molar-refractivity contribution in [3.05, 3.63) is 11.7 Å². The molecule has 1 heterocycles. The van der Waals surface area contributed by atoms with E-state index in [-0.39, 0.29) is 6.61 Å². The predicted molar refractivity (Wildman–Crippen MR) is 60.9 cm³/mol. The maximum atomic E-state index is 8.77. The van der Waals surface area contributed by atoms with Gasteiger partial charge < -0.3 is 9.63 Å². The van der Waals surface area contributed by atoms with E-state index in [0.29, 0.717) is 12.4 Å². The second-order valence-corrected chi connectivity index (χ2v) is 3.80. The number of nitrogens with zero attached hydrogens (tertiary/aromatic N) is 3. The lowest BCUT2D eigenvalue weighted by molar-refractivity contribution is 0.205. The minimum Gasteiger partial charge on any atom is -0.396 e. The summed E-state index contributed by atoms with van der Waals surface area (Å²) in [5.74, 6) is 1.46. The molecule has 0 aliphatic rings. The molecule has 0 aliphatic heterocycles. The molecule has 1 N–H and O–H groups in total. The van der Waals surface area contributed by atoms with Gasteiger partial charge in [-0.3, -0.25) is 4.90 Å². The van der Waals surface area contributed by atoms with Gasteiger partial charge in [0.25, 0.3) is 0 Å². The minimum absolute atomic E-state index is 0.224. The zero-order valence-corrected chi connectivity index (χ0v) is 10.1. The lowest BCUT2D eigenvalue weighted by Gasteiger charge is -2.16. The van der Waals surface area contributed by atoms with E-state index in [1.54, 1.807) is 0 Å². The Morgan fingerprint density at radius 1 is 1.38 bits per heavy atom. The van der Waals surface area contributed by atoms with E-state index in [9.17, 15) is 0 Å². The van der Waals surface area contributed by atoms with Gasteiger partial charge in [-0.15, -0.1) is 0 Å². The molecule has 1 rings (SSSR count). The van der Waals surface area contributed by atoms with E-state index >= 15 is 0 Å². The van der Waals surface area contributed by atoms with E-state index in [0.717, 1.165) is 38.2 Å². The minimum atomic E-state index is 0.224. The van der Waals surface area contributed by atoms with Crippen LogP contribution in [0.15, 0.2) is 4.52 Å². The lowest BCUT2D eigenvalue weighted by atomic mass is 10.3. The molecule has 0 aromatic carbocycles. The summed E-state index contributed by atoms with van der Waals surface area (Å²) in [5, 5.41) is 12.7. The third kappa shape index (κ3) is 4.28. The third-order valence-electron chi connectivity index (χ3n) is 2.42. The Hall–Kier alpha value is -0.940. The standard InChI is InChI=1S/C11H21N3O2/c1-3-6-10-12-11(16-13-10)9-14(4-2)7-5-8-15/h15H,3-9H2,1-2H3. The summed E-state index contributed by atoms with van der Waals surface area (Å²) in [7, 11) is 0. The van der Waals surface area contributed by atoms with E-state index in [2.05, 4.69) is 28.9 Å². The number of aromatic nitrogens is 2. The van der Waals surface area contributed by atoms with Gasteiger partial charge in [-0.1, -0.05) is 19.0 Å². The first kappa shape index (κ1) is 13.1. The average Bonchev–Trinajstić information content (AvgIpc) is 2.72. The van der Waals surface area contributed by atoms with Crippen molar-refractivity contribution >= 4 is 0 Å². The van der Waals surface area contributed by atoms with E-state index < -0.39 is 0 Å². The summed E-state index contributed by atoms with van der Waals surface area (Å²) in [4.78, 5) is 6.49. The Morgan fingerprint density at radius 2 is 2.19 bits per heavy atom. The zero-order chi connectivity index (χ0) is 11.8. The van der Waals surface area contributed by atoms with E-state index in [1.807, 2.05) is 0 Å². The molecule has 0 spiro atoms. The van der Waals surface area contributed by atoms with Crippen molar-refractivity contribution in [3.8, 4) is 0 Å². The van der Waals surface area contributed by atoms with Crippen LogP contribution in [-0.4, -0.2) is 39.8 Å². The van der Waals surface area contributed by atoms with Crippen molar-refractivity contribution in [2.45, 2.75) is 39.7 Å². The normalized spacial score (nSPS) is 11.2. The van der Waals surface area contributed by atoms with E-state index in [4.69, 9.17) is 9.63 Å². The summed E-state index contributed by atoms with van der Waals surface area (Å²) in [6, 6.07) is 0. The fourth-order valence-electron chi connectivity index (χ4n) is 1.51. The molecule has 0 saturated heterocycles. The van der Waals surface area contributed by atoms with Gasteiger partial charge >= 0.3 is 0 Å². The van der Waals surface area contributed by atoms with Crippen LogP contribution in [0.3, 0.4) is 0 Å². The first-order valence-corrected chi connectivity index (χ1v) is 5.94.